The van der Waals surface area contributed by atoms with Crippen LogP contribution in [-0.2, 0) is 16.0 Å². The highest BCUT2D eigenvalue weighted by Crippen LogP contribution is 2.28. The minimum Gasteiger partial charge on any atom is -0.494 e. The van der Waals surface area contributed by atoms with Crippen molar-refractivity contribution in [2.24, 2.45) is 5.10 Å². The average Bonchev–Trinajstić information content (AvgIpc) is 2.90. The number of anilines is 1. The Hall–Kier alpha value is -4.66. The molecule has 3 aromatic rings. The highest BCUT2D eigenvalue weighted by Gasteiger charge is 2.14. The van der Waals surface area contributed by atoms with Crippen LogP contribution in [0.25, 0.3) is 0 Å². The van der Waals surface area contributed by atoms with Crippen molar-refractivity contribution < 1.29 is 28.6 Å². The normalized spacial score (nSPS) is 10.5. The Morgan fingerprint density at radius 1 is 0.889 bits per heavy atom. The maximum Gasteiger partial charge on any atom is 0.343 e. The number of ether oxygens (including phenoxy) is 3. The fraction of sp³-hybridized carbons (Fsp3) is 0.185. The molecule has 0 radical (unpaired) electrons. The molecule has 186 valence electrons. The Balaban J connectivity index is 1.57. The lowest BCUT2D eigenvalue weighted by molar-refractivity contribution is -0.136. The van der Waals surface area contributed by atoms with Crippen LogP contribution in [0.3, 0.4) is 0 Å². The molecule has 0 bridgehead atoms. The summed E-state index contributed by atoms with van der Waals surface area (Å²) < 4.78 is 16.1. The zero-order valence-corrected chi connectivity index (χ0v) is 20.2. The van der Waals surface area contributed by atoms with Gasteiger partial charge in [0.05, 0.1) is 25.5 Å². The number of benzene rings is 3. The number of esters is 1. The van der Waals surface area contributed by atoms with Gasteiger partial charge in [-0.15, -0.1) is 0 Å². The van der Waals surface area contributed by atoms with Crippen LogP contribution in [0.4, 0.5) is 5.69 Å². The molecule has 2 amide bonds. The maximum atomic E-state index is 12.5. The van der Waals surface area contributed by atoms with E-state index in [9.17, 15) is 14.4 Å². The van der Waals surface area contributed by atoms with Gasteiger partial charge in [0.2, 0.25) is 0 Å². The van der Waals surface area contributed by atoms with Crippen LogP contribution in [0, 0.1) is 0 Å². The van der Waals surface area contributed by atoms with Crippen LogP contribution in [0.2, 0.25) is 0 Å². The minimum absolute atomic E-state index is 0.214. The molecule has 3 aromatic carbocycles. The lowest BCUT2D eigenvalue weighted by Gasteiger charge is -2.10. The van der Waals surface area contributed by atoms with E-state index in [1.165, 1.54) is 13.3 Å². The highest BCUT2D eigenvalue weighted by molar-refractivity contribution is 6.39. The molecule has 0 saturated carbocycles. The molecule has 9 nitrogen and oxygen atoms in total. The number of carbonyl (C=O) groups is 3. The summed E-state index contributed by atoms with van der Waals surface area (Å²) in [6.07, 6.45) is 2.21. The van der Waals surface area contributed by atoms with Gasteiger partial charge in [0.1, 0.15) is 5.75 Å². The first-order chi connectivity index (χ1) is 17.4. The number of carbonyl (C=O) groups excluding carboxylic acids is 3. The largest absolute Gasteiger partial charge is 0.494 e. The SMILES string of the molecule is CCOc1ccc(C(=O)Oc2ccc(C=NNC(=O)C(=O)Nc3ccc(CC)cc3)cc2OC)cc1. The van der Waals surface area contributed by atoms with Crippen LogP contribution < -0.4 is 25.0 Å². The zero-order valence-electron chi connectivity index (χ0n) is 20.2. The summed E-state index contributed by atoms with van der Waals surface area (Å²) in [5.74, 6) is -1.15. The highest BCUT2D eigenvalue weighted by atomic mass is 16.6. The number of methoxy groups -OCH3 is 1. The van der Waals surface area contributed by atoms with Crippen molar-refractivity contribution in [3.05, 3.63) is 83.4 Å². The topological polar surface area (TPSA) is 115 Å². The van der Waals surface area contributed by atoms with Crippen molar-refractivity contribution in [3.63, 3.8) is 0 Å². The Bertz CT molecular complexity index is 1240. The average molecular weight is 490 g/mol. The molecule has 0 saturated heterocycles. The summed E-state index contributed by atoms with van der Waals surface area (Å²) in [5, 5.41) is 6.32. The number of aryl methyl sites for hydroxylation is 1. The smallest absolute Gasteiger partial charge is 0.343 e. The van der Waals surface area contributed by atoms with Crippen LogP contribution in [0.5, 0.6) is 17.2 Å². The van der Waals surface area contributed by atoms with E-state index in [0.717, 1.165) is 12.0 Å². The summed E-state index contributed by atoms with van der Waals surface area (Å²) >= 11 is 0. The van der Waals surface area contributed by atoms with E-state index in [-0.39, 0.29) is 11.5 Å². The van der Waals surface area contributed by atoms with E-state index in [4.69, 9.17) is 14.2 Å². The van der Waals surface area contributed by atoms with Gasteiger partial charge < -0.3 is 19.5 Å². The molecule has 0 atom stereocenters. The first-order valence-electron chi connectivity index (χ1n) is 11.3. The molecule has 0 aliphatic carbocycles. The molecule has 36 heavy (non-hydrogen) atoms. The van der Waals surface area contributed by atoms with E-state index >= 15 is 0 Å². The predicted octanol–water partition coefficient (Wildman–Crippen LogP) is 3.96. The molecule has 0 heterocycles. The molecule has 0 unspecified atom stereocenters. The van der Waals surface area contributed by atoms with Crippen molar-refractivity contribution in [2.75, 3.05) is 19.0 Å². The molecule has 0 aliphatic rings. The summed E-state index contributed by atoms with van der Waals surface area (Å²) in [6, 6.07) is 18.5. The fourth-order valence-corrected chi connectivity index (χ4v) is 3.09. The standard InChI is InChI=1S/C27H27N3O6/c1-4-18-6-11-21(12-7-18)29-25(31)26(32)30-28-17-19-8-15-23(24(16-19)34-3)36-27(33)20-9-13-22(14-10-20)35-5-2/h6-17H,4-5H2,1-3H3,(H,29,31)(H,30,32). The van der Waals surface area contributed by atoms with Crippen LogP contribution in [0.1, 0.15) is 35.3 Å². The van der Waals surface area contributed by atoms with E-state index in [2.05, 4.69) is 15.8 Å². The molecule has 9 heteroatoms. The Morgan fingerprint density at radius 2 is 1.61 bits per heavy atom. The fourth-order valence-electron chi connectivity index (χ4n) is 3.09. The summed E-state index contributed by atoms with van der Waals surface area (Å²) in [6.45, 7) is 4.43. The van der Waals surface area contributed by atoms with Gasteiger partial charge in [0.25, 0.3) is 0 Å². The second kappa shape index (κ2) is 12.7. The summed E-state index contributed by atoms with van der Waals surface area (Å²) in [5.41, 5.74) is 4.71. The Labute approximate surface area is 209 Å². The molecule has 0 spiro atoms. The summed E-state index contributed by atoms with van der Waals surface area (Å²) in [7, 11) is 1.43. The maximum absolute atomic E-state index is 12.5. The monoisotopic (exact) mass is 489 g/mol. The molecule has 0 aromatic heterocycles. The number of amides is 2. The minimum atomic E-state index is -0.918. The third-order valence-electron chi connectivity index (χ3n) is 5.00. The van der Waals surface area contributed by atoms with Gasteiger partial charge in [0.15, 0.2) is 11.5 Å². The quantitative estimate of drug-likeness (QED) is 0.155. The lowest BCUT2D eigenvalue weighted by Crippen LogP contribution is -2.32. The van der Waals surface area contributed by atoms with E-state index in [0.29, 0.717) is 29.2 Å². The molecular formula is C27H27N3O6. The first kappa shape index (κ1) is 26.0. The van der Waals surface area contributed by atoms with Crippen molar-refractivity contribution in [1.82, 2.24) is 5.43 Å². The van der Waals surface area contributed by atoms with Gasteiger partial charge in [-0.3, -0.25) is 9.59 Å². The van der Waals surface area contributed by atoms with Crippen LogP contribution in [0.15, 0.2) is 71.8 Å². The number of hydrazone groups is 1. The van der Waals surface area contributed by atoms with Gasteiger partial charge in [-0.05, 0) is 79.1 Å². The summed E-state index contributed by atoms with van der Waals surface area (Å²) in [4.78, 5) is 36.6. The van der Waals surface area contributed by atoms with Gasteiger partial charge in [-0.25, -0.2) is 10.2 Å². The zero-order chi connectivity index (χ0) is 25.9. The third kappa shape index (κ3) is 7.17. The van der Waals surface area contributed by atoms with E-state index in [1.54, 1.807) is 54.6 Å². The van der Waals surface area contributed by atoms with Gasteiger partial charge in [0, 0.05) is 5.69 Å². The molecular weight excluding hydrogens is 462 g/mol. The van der Waals surface area contributed by atoms with E-state index < -0.39 is 17.8 Å². The third-order valence-corrected chi connectivity index (χ3v) is 5.00. The predicted molar refractivity (Wildman–Crippen MR) is 136 cm³/mol. The van der Waals surface area contributed by atoms with Crippen molar-refractivity contribution in [2.45, 2.75) is 20.3 Å². The molecule has 2 N–H and O–H groups in total. The Morgan fingerprint density at radius 3 is 2.25 bits per heavy atom. The van der Waals surface area contributed by atoms with Crippen molar-refractivity contribution in [1.29, 1.82) is 0 Å². The lowest BCUT2D eigenvalue weighted by atomic mass is 10.1. The van der Waals surface area contributed by atoms with Gasteiger partial charge >= 0.3 is 17.8 Å². The number of nitrogens with zero attached hydrogens (tertiary/aromatic N) is 1. The molecule has 0 fully saturated rings. The second-order valence-electron chi connectivity index (χ2n) is 7.46. The van der Waals surface area contributed by atoms with Gasteiger partial charge in [-0.1, -0.05) is 19.1 Å². The molecule has 0 aliphatic heterocycles. The van der Waals surface area contributed by atoms with Crippen LogP contribution >= 0.6 is 0 Å². The number of rotatable bonds is 9. The van der Waals surface area contributed by atoms with Crippen molar-refractivity contribution >= 4 is 29.7 Å². The number of hydrogen-bond acceptors (Lipinski definition) is 7. The van der Waals surface area contributed by atoms with Gasteiger partial charge in [-0.2, -0.15) is 5.10 Å². The number of hydrogen-bond donors (Lipinski definition) is 2. The second-order valence-corrected chi connectivity index (χ2v) is 7.46. The number of nitrogens with one attached hydrogen (secondary N) is 2. The van der Waals surface area contributed by atoms with E-state index in [1.807, 2.05) is 26.0 Å². The van der Waals surface area contributed by atoms with Crippen molar-refractivity contribution in [3.8, 4) is 17.2 Å². The molecule has 3 rings (SSSR count). The Kier molecular flexibility index (Phi) is 9.16. The first-order valence-corrected chi connectivity index (χ1v) is 11.3. The van der Waals surface area contributed by atoms with Crippen LogP contribution in [-0.4, -0.2) is 37.7 Å².